The zero-order chi connectivity index (χ0) is 13.7. The van der Waals surface area contributed by atoms with Gasteiger partial charge >= 0.3 is 0 Å². The highest BCUT2D eigenvalue weighted by molar-refractivity contribution is 5.95. The topological polar surface area (TPSA) is 73.6 Å². The molecule has 1 amide bonds. The van der Waals surface area contributed by atoms with Crippen LogP contribution in [0.1, 0.15) is 30.1 Å². The van der Waals surface area contributed by atoms with Crippen LogP contribution in [0.5, 0.6) is 5.75 Å². The Hall–Kier alpha value is -1.75. The molecule has 1 fully saturated rings. The van der Waals surface area contributed by atoms with Crippen LogP contribution in [0.2, 0.25) is 0 Å². The summed E-state index contributed by atoms with van der Waals surface area (Å²) in [6.07, 6.45) is 2.21. The average molecular weight is 264 g/mol. The van der Waals surface area contributed by atoms with Crippen LogP contribution in [-0.4, -0.2) is 31.8 Å². The Bertz CT molecular complexity index is 442. The van der Waals surface area contributed by atoms with Crippen molar-refractivity contribution in [2.24, 2.45) is 0 Å². The summed E-state index contributed by atoms with van der Waals surface area (Å²) in [4.78, 5) is 12.0. The zero-order valence-electron chi connectivity index (χ0n) is 11.1. The standard InChI is InChI=1S/C14H20N2O3/c1-2-18-13-6-5-10(8-12(13)15)14(17)16-9-11-4-3-7-19-11/h5-6,8,11H,2-4,7,9,15H2,1H3,(H,16,17)/t11-/m0/s1. The summed E-state index contributed by atoms with van der Waals surface area (Å²) in [7, 11) is 0. The first-order chi connectivity index (χ1) is 9.20. The van der Waals surface area contributed by atoms with E-state index in [1.54, 1.807) is 18.2 Å². The molecule has 0 bridgehead atoms. The number of nitrogens with two attached hydrogens (primary N) is 1. The number of hydrogen-bond donors (Lipinski definition) is 2. The van der Waals surface area contributed by atoms with Crippen LogP contribution in [0.25, 0.3) is 0 Å². The fourth-order valence-corrected chi connectivity index (χ4v) is 2.09. The van der Waals surface area contributed by atoms with Crippen LogP contribution < -0.4 is 15.8 Å². The van der Waals surface area contributed by atoms with Gasteiger partial charge in [0.25, 0.3) is 5.91 Å². The number of amides is 1. The highest BCUT2D eigenvalue weighted by Gasteiger charge is 2.17. The van der Waals surface area contributed by atoms with Gasteiger partial charge in [0.1, 0.15) is 5.75 Å². The second-order valence-electron chi connectivity index (χ2n) is 4.53. The summed E-state index contributed by atoms with van der Waals surface area (Å²) in [6.45, 7) is 3.78. The third-order valence-corrected chi connectivity index (χ3v) is 3.09. The number of ether oxygens (including phenoxy) is 2. The Morgan fingerprint density at radius 2 is 2.42 bits per heavy atom. The van der Waals surface area contributed by atoms with Gasteiger partial charge in [-0.15, -0.1) is 0 Å². The lowest BCUT2D eigenvalue weighted by Gasteiger charge is -2.12. The summed E-state index contributed by atoms with van der Waals surface area (Å²) in [5.74, 6) is 0.475. The summed E-state index contributed by atoms with van der Waals surface area (Å²) in [5, 5.41) is 2.86. The molecule has 0 saturated carbocycles. The van der Waals surface area contributed by atoms with E-state index in [-0.39, 0.29) is 12.0 Å². The smallest absolute Gasteiger partial charge is 0.251 e. The lowest BCUT2D eigenvalue weighted by Crippen LogP contribution is -2.31. The number of nitrogen functional groups attached to an aromatic ring is 1. The number of hydrogen-bond acceptors (Lipinski definition) is 4. The van der Waals surface area contributed by atoms with Crippen molar-refractivity contribution in [1.29, 1.82) is 0 Å². The Labute approximate surface area is 113 Å². The van der Waals surface area contributed by atoms with Gasteiger partial charge in [0, 0.05) is 18.7 Å². The SMILES string of the molecule is CCOc1ccc(C(=O)NC[C@@H]2CCCO2)cc1N. The van der Waals surface area contributed by atoms with Crippen LogP contribution in [0.4, 0.5) is 5.69 Å². The second-order valence-corrected chi connectivity index (χ2v) is 4.53. The molecular weight excluding hydrogens is 244 g/mol. The van der Waals surface area contributed by atoms with E-state index in [1.165, 1.54) is 0 Å². The summed E-state index contributed by atoms with van der Waals surface area (Å²) in [5.41, 5.74) is 6.85. The fraction of sp³-hybridized carbons (Fsp3) is 0.500. The monoisotopic (exact) mass is 264 g/mol. The minimum Gasteiger partial charge on any atom is -0.492 e. The van der Waals surface area contributed by atoms with E-state index in [0.717, 1.165) is 19.4 Å². The first-order valence-corrected chi connectivity index (χ1v) is 6.63. The largest absolute Gasteiger partial charge is 0.492 e. The molecule has 1 aliphatic rings. The molecule has 5 heteroatoms. The maximum atomic E-state index is 12.0. The zero-order valence-corrected chi connectivity index (χ0v) is 11.1. The lowest BCUT2D eigenvalue weighted by atomic mass is 10.1. The van der Waals surface area contributed by atoms with Gasteiger partial charge < -0.3 is 20.5 Å². The van der Waals surface area contributed by atoms with Gasteiger partial charge in [0.05, 0.1) is 18.4 Å². The number of nitrogens with one attached hydrogen (secondary N) is 1. The first-order valence-electron chi connectivity index (χ1n) is 6.63. The predicted octanol–water partition coefficient (Wildman–Crippen LogP) is 1.58. The Balaban J connectivity index is 1.92. The van der Waals surface area contributed by atoms with Crippen LogP contribution in [-0.2, 0) is 4.74 Å². The molecule has 1 atom stereocenters. The maximum absolute atomic E-state index is 12.0. The van der Waals surface area contributed by atoms with Gasteiger partial charge in [0.2, 0.25) is 0 Å². The van der Waals surface area contributed by atoms with Crippen LogP contribution in [0.15, 0.2) is 18.2 Å². The number of benzene rings is 1. The minimum atomic E-state index is -0.134. The van der Waals surface area contributed by atoms with E-state index < -0.39 is 0 Å². The number of rotatable bonds is 5. The molecule has 0 aliphatic carbocycles. The molecule has 0 radical (unpaired) electrons. The minimum absolute atomic E-state index is 0.134. The third kappa shape index (κ3) is 3.61. The molecule has 0 unspecified atom stereocenters. The maximum Gasteiger partial charge on any atom is 0.251 e. The second kappa shape index (κ2) is 6.43. The molecule has 0 spiro atoms. The molecule has 1 aromatic rings. The van der Waals surface area contributed by atoms with Gasteiger partial charge in [-0.05, 0) is 38.0 Å². The van der Waals surface area contributed by atoms with Gasteiger partial charge in [-0.3, -0.25) is 4.79 Å². The van der Waals surface area contributed by atoms with E-state index >= 15 is 0 Å². The van der Waals surface area contributed by atoms with E-state index in [9.17, 15) is 4.79 Å². The Morgan fingerprint density at radius 3 is 3.05 bits per heavy atom. The Kier molecular flexibility index (Phi) is 4.63. The average Bonchev–Trinajstić information content (AvgIpc) is 2.91. The highest BCUT2D eigenvalue weighted by atomic mass is 16.5. The van der Waals surface area contributed by atoms with Crippen molar-refractivity contribution in [1.82, 2.24) is 5.32 Å². The van der Waals surface area contributed by atoms with Gasteiger partial charge in [-0.25, -0.2) is 0 Å². The molecule has 1 aliphatic heterocycles. The number of carbonyl (C=O) groups is 1. The molecule has 0 aromatic heterocycles. The van der Waals surface area contributed by atoms with Gasteiger partial charge in [0.15, 0.2) is 0 Å². The van der Waals surface area contributed by atoms with Crippen molar-refractivity contribution in [3.8, 4) is 5.75 Å². The van der Waals surface area contributed by atoms with E-state index in [0.29, 0.717) is 30.2 Å². The summed E-state index contributed by atoms with van der Waals surface area (Å²) < 4.78 is 10.8. The summed E-state index contributed by atoms with van der Waals surface area (Å²) in [6, 6.07) is 5.07. The summed E-state index contributed by atoms with van der Waals surface area (Å²) >= 11 is 0. The van der Waals surface area contributed by atoms with Crippen molar-refractivity contribution in [2.45, 2.75) is 25.9 Å². The number of anilines is 1. The van der Waals surface area contributed by atoms with Crippen LogP contribution in [0.3, 0.4) is 0 Å². The molecule has 1 heterocycles. The fourth-order valence-electron chi connectivity index (χ4n) is 2.09. The molecule has 2 rings (SSSR count). The van der Waals surface area contributed by atoms with Crippen LogP contribution in [0, 0.1) is 0 Å². The Morgan fingerprint density at radius 1 is 1.58 bits per heavy atom. The van der Waals surface area contributed by atoms with Gasteiger partial charge in [-0.2, -0.15) is 0 Å². The molecule has 3 N–H and O–H groups in total. The molecule has 104 valence electrons. The highest BCUT2D eigenvalue weighted by Crippen LogP contribution is 2.22. The molecule has 5 nitrogen and oxygen atoms in total. The molecule has 1 saturated heterocycles. The lowest BCUT2D eigenvalue weighted by molar-refractivity contribution is 0.0858. The normalized spacial score (nSPS) is 18.3. The third-order valence-electron chi connectivity index (χ3n) is 3.09. The van der Waals surface area contributed by atoms with Crippen molar-refractivity contribution in [2.75, 3.05) is 25.5 Å². The molecule has 19 heavy (non-hydrogen) atoms. The number of carbonyl (C=O) groups excluding carboxylic acids is 1. The quantitative estimate of drug-likeness (QED) is 0.792. The molecular formula is C14H20N2O3. The predicted molar refractivity (Wildman–Crippen MR) is 73.3 cm³/mol. The van der Waals surface area contributed by atoms with E-state index in [1.807, 2.05) is 6.92 Å². The van der Waals surface area contributed by atoms with E-state index in [4.69, 9.17) is 15.2 Å². The van der Waals surface area contributed by atoms with Crippen molar-refractivity contribution < 1.29 is 14.3 Å². The van der Waals surface area contributed by atoms with Crippen molar-refractivity contribution >= 4 is 11.6 Å². The van der Waals surface area contributed by atoms with Gasteiger partial charge in [-0.1, -0.05) is 0 Å². The first kappa shape index (κ1) is 13.7. The molecule has 1 aromatic carbocycles. The van der Waals surface area contributed by atoms with E-state index in [2.05, 4.69) is 5.32 Å². The van der Waals surface area contributed by atoms with Crippen LogP contribution >= 0.6 is 0 Å². The van der Waals surface area contributed by atoms with Crippen molar-refractivity contribution in [3.05, 3.63) is 23.8 Å². The van der Waals surface area contributed by atoms with Crippen molar-refractivity contribution in [3.63, 3.8) is 0 Å².